The number of esters is 1. The van der Waals surface area contributed by atoms with Crippen LogP contribution in [0.25, 0.3) is 0 Å². The first-order valence-electron chi connectivity index (χ1n) is 5.52. The van der Waals surface area contributed by atoms with E-state index in [1.54, 1.807) is 20.8 Å². The third-order valence-corrected chi connectivity index (χ3v) is 4.83. The summed E-state index contributed by atoms with van der Waals surface area (Å²) in [4.78, 5) is 11.4. The molecule has 0 spiro atoms. The average Bonchev–Trinajstić information content (AvgIpc) is 2.29. The second kappa shape index (κ2) is 6.18. The van der Waals surface area contributed by atoms with Gasteiger partial charge in [-0.25, -0.2) is 0 Å². The number of alkyl halides is 1. The molecule has 0 N–H and O–H groups in total. The number of hydrogen-bond acceptors (Lipinski definition) is 2. The molecule has 0 radical (unpaired) electrons. The van der Waals surface area contributed by atoms with Gasteiger partial charge < -0.3 is 0 Å². The molecule has 4 heteroatoms. The van der Waals surface area contributed by atoms with E-state index in [-0.39, 0.29) is 21.6 Å². The molecule has 94 valence electrons. The van der Waals surface area contributed by atoms with Crippen molar-refractivity contribution in [1.29, 1.82) is 0 Å². The SMILES string of the molecule is CCOC(=O)C(F)C(C)(C)[Se]c1ccccc1. The molecule has 0 aliphatic heterocycles. The Balaban J connectivity index is 2.71. The number of ether oxygens (including phenoxy) is 1. The molecule has 17 heavy (non-hydrogen) atoms. The van der Waals surface area contributed by atoms with E-state index in [4.69, 9.17) is 4.74 Å². The summed E-state index contributed by atoms with van der Waals surface area (Å²) in [5, 5.41) is 0. The number of benzene rings is 1. The van der Waals surface area contributed by atoms with E-state index < -0.39 is 16.5 Å². The number of carbonyl (C=O) groups is 1. The van der Waals surface area contributed by atoms with Crippen LogP contribution in [-0.2, 0) is 9.53 Å². The number of halogens is 1. The summed E-state index contributed by atoms with van der Waals surface area (Å²) >= 11 is -0.111. The molecule has 0 fully saturated rings. The van der Waals surface area contributed by atoms with Crippen LogP contribution in [0.1, 0.15) is 20.8 Å². The molecule has 1 aromatic rings. The molecule has 0 heterocycles. The van der Waals surface area contributed by atoms with Crippen LogP contribution in [0.5, 0.6) is 0 Å². The zero-order chi connectivity index (χ0) is 12.9. The van der Waals surface area contributed by atoms with E-state index in [1.807, 2.05) is 30.3 Å². The van der Waals surface area contributed by atoms with Gasteiger partial charge in [-0.2, -0.15) is 0 Å². The van der Waals surface area contributed by atoms with Gasteiger partial charge in [0.2, 0.25) is 0 Å². The van der Waals surface area contributed by atoms with Gasteiger partial charge in [-0.3, -0.25) is 0 Å². The first-order valence-corrected chi connectivity index (χ1v) is 7.23. The van der Waals surface area contributed by atoms with Gasteiger partial charge in [0.1, 0.15) is 0 Å². The van der Waals surface area contributed by atoms with Crippen LogP contribution in [0, 0.1) is 0 Å². The van der Waals surface area contributed by atoms with Crippen molar-refractivity contribution in [3.8, 4) is 0 Å². The Hall–Kier alpha value is -0.861. The maximum atomic E-state index is 14.0. The molecule has 0 saturated carbocycles. The summed E-state index contributed by atoms with van der Waals surface area (Å²) in [5.41, 5.74) is 0. The fourth-order valence-corrected chi connectivity index (χ4v) is 3.65. The Morgan fingerprint density at radius 1 is 1.41 bits per heavy atom. The van der Waals surface area contributed by atoms with Crippen molar-refractivity contribution >= 4 is 25.4 Å². The Labute approximate surface area is 108 Å². The molecule has 0 bridgehead atoms. The fourth-order valence-electron chi connectivity index (χ4n) is 1.34. The van der Waals surface area contributed by atoms with Gasteiger partial charge in [-0.05, 0) is 0 Å². The van der Waals surface area contributed by atoms with Crippen molar-refractivity contribution < 1.29 is 13.9 Å². The van der Waals surface area contributed by atoms with Crippen LogP contribution < -0.4 is 4.46 Å². The second-order valence-electron chi connectivity index (χ2n) is 4.13. The molecule has 0 aliphatic carbocycles. The normalized spacial score (nSPS) is 13.2. The second-order valence-corrected chi connectivity index (χ2v) is 7.76. The molecular weight excluding hydrogens is 286 g/mol. The standard InChI is InChI=1S/C13H17FO2Se/c1-4-16-12(15)11(14)13(2,3)17-10-8-6-5-7-9-10/h5-9,11H,4H2,1-3H3. The summed E-state index contributed by atoms with van der Waals surface area (Å²) < 4.78 is 19.1. The summed E-state index contributed by atoms with van der Waals surface area (Å²) in [6.45, 7) is 5.43. The zero-order valence-corrected chi connectivity index (χ0v) is 12.0. The van der Waals surface area contributed by atoms with Crippen molar-refractivity contribution in [3.05, 3.63) is 30.3 Å². The topological polar surface area (TPSA) is 26.3 Å². The number of carbonyl (C=O) groups excluding carboxylic acids is 1. The molecule has 0 aromatic heterocycles. The minimum atomic E-state index is -1.57. The molecule has 1 atom stereocenters. The van der Waals surface area contributed by atoms with Crippen LogP contribution in [0.2, 0.25) is 4.31 Å². The van der Waals surface area contributed by atoms with E-state index in [9.17, 15) is 9.18 Å². The molecule has 1 unspecified atom stereocenters. The summed E-state index contributed by atoms with van der Waals surface area (Å²) in [7, 11) is 0. The Bertz CT molecular complexity index is 365. The van der Waals surface area contributed by atoms with E-state index in [0.29, 0.717) is 0 Å². The monoisotopic (exact) mass is 304 g/mol. The third-order valence-electron chi connectivity index (χ3n) is 2.23. The van der Waals surface area contributed by atoms with Crippen molar-refractivity contribution in [3.63, 3.8) is 0 Å². The van der Waals surface area contributed by atoms with Crippen LogP contribution in [0.15, 0.2) is 30.3 Å². The van der Waals surface area contributed by atoms with Gasteiger partial charge >= 0.3 is 108 Å². The van der Waals surface area contributed by atoms with Crippen LogP contribution in [-0.4, -0.2) is 33.7 Å². The molecular formula is C13H17FO2Se. The fraction of sp³-hybridized carbons (Fsp3) is 0.462. The molecule has 1 aromatic carbocycles. The van der Waals surface area contributed by atoms with Gasteiger partial charge in [0.05, 0.1) is 0 Å². The van der Waals surface area contributed by atoms with Gasteiger partial charge in [0.25, 0.3) is 0 Å². The first kappa shape index (κ1) is 14.2. The van der Waals surface area contributed by atoms with Crippen molar-refractivity contribution in [2.45, 2.75) is 31.3 Å². The Morgan fingerprint density at radius 2 is 2.00 bits per heavy atom. The quantitative estimate of drug-likeness (QED) is 0.615. The Kier molecular flexibility index (Phi) is 5.16. The zero-order valence-electron chi connectivity index (χ0n) is 10.3. The van der Waals surface area contributed by atoms with Crippen molar-refractivity contribution in [1.82, 2.24) is 0 Å². The third kappa shape index (κ3) is 4.14. The van der Waals surface area contributed by atoms with Gasteiger partial charge in [-0.15, -0.1) is 0 Å². The van der Waals surface area contributed by atoms with Gasteiger partial charge in [0, 0.05) is 0 Å². The van der Waals surface area contributed by atoms with E-state index >= 15 is 0 Å². The molecule has 2 nitrogen and oxygen atoms in total. The molecule has 0 amide bonds. The predicted octanol–water partition coefficient (Wildman–Crippen LogP) is 2.12. The summed E-state index contributed by atoms with van der Waals surface area (Å²) in [5.74, 6) is -0.754. The number of rotatable bonds is 5. The maximum absolute atomic E-state index is 14.0. The summed E-state index contributed by atoms with van der Waals surface area (Å²) in [6.07, 6.45) is -1.57. The van der Waals surface area contributed by atoms with E-state index in [1.165, 1.54) is 0 Å². The first-order chi connectivity index (χ1) is 7.97. The predicted molar refractivity (Wildman–Crippen MR) is 67.4 cm³/mol. The van der Waals surface area contributed by atoms with E-state index in [0.717, 1.165) is 4.46 Å². The van der Waals surface area contributed by atoms with Gasteiger partial charge in [0.15, 0.2) is 0 Å². The molecule has 0 saturated heterocycles. The summed E-state index contributed by atoms with van der Waals surface area (Å²) in [6, 6.07) is 9.68. The molecule has 0 aliphatic rings. The Morgan fingerprint density at radius 3 is 2.53 bits per heavy atom. The average molecular weight is 303 g/mol. The number of hydrogen-bond donors (Lipinski definition) is 0. The minimum absolute atomic E-state index is 0.111. The molecule has 1 rings (SSSR count). The van der Waals surface area contributed by atoms with Crippen LogP contribution in [0.4, 0.5) is 4.39 Å². The van der Waals surface area contributed by atoms with Gasteiger partial charge in [-0.1, -0.05) is 0 Å². The van der Waals surface area contributed by atoms with Crippen molar-refractivity contribution in [2.24, 2.45) is 0 Å². The van der Waals surface area contributed by atoms with Crippen LogP contribution in [0.3, 0.4) is 0 Å². The van der Waals surface area contributed by atoms with Crippen LogP contribution >= 0.6 is 0 Å². The van der Waals surface area contributed by atoms with Crippen molar-refractivity contribution in [2.75, 3.05) is 6.61 Å². The van der Waals surface area contributed by atoms with E-state index in [2.05, 4.69) is 0 Å².